The zero-order valence-electron chi connectivity index (χ0n) is 16.3. The predicted molar refractivity (Wildman–Crippen MR) is 113 cm³/mol. The molecule has 0 atom stereocenters. The average molecular weight is 371 g/mol. The minimum Gasteiger partial charge on any atom is -0.489 e. The highest BCUT2D eigenvalue weighted by molar-refractivity contribution is 5.92. The van der Waals surface area contributed by atoms with Gasteiger partial charge in [0.25, 0.3) is 0 Å². The molecule has 0 aliphatic carbocycles. The molecule has 4 heteroatoms. The SMILES string of the molecule is Cc1cc(N2CCCCCC2)c2ccc(COc3ccc(C#N)cc3)cc2n1. The van der Waals surface area contributed by atoms with E-state index in [-0.39, 0.29) is 0 Å². The summed E-state index contributed by atoms with van der Waals surface area (Å²) in [5.74, 6) is 0.765. The van der Waals surface area contributed by atoms with E-state index in [1.165, 1.54) is 36.8 Å². The van der Waals surface area contributed by atoms with Gasteiger partial charge < -0.3 is 9.64 Å². The van der Waals surface area contributed by atoms with Crippen LogP contribution in [0, 0.1) is 18.3 Å². The summed E-state index contributed by atoms with van der Waals surface area (Å²) < 4.78 is 5.89. The van der Waals surface area contributed by atoms with E-state index in [9.17, 15) is 0 Å². The topological polar surface area (TPSA) is 49.1 Å². The second kappa shape index (κ2) is 8.31. The molecule has 1 fully saturated rings. The van der Waals surface area contributed by atoms with Crippen LogP contribution < -0.4 is 9.64 Å². The van der Waals surface area contributed by atoms with E-state index in [1.54, 1.807) is 12.1 Å². The molecule has 0 amide bonds. The predicted octanol–water partition coefficient (Wildman–Crippen LogP) is 5.37. The lowest BCUT2D eigenvalue weighted by Gasteiger charge is -2.24. The van der Waals surface area contributed by atoms with Crippen molar-refractivity contribution in [2.45, 2.75) is 39.2 Å². The van der Waals surface area contributed by atoms with Gasteiger partial charge in [0.1, 0.15) is 12.4 Å². The second-order valence-electron chi connectivity index (χ2n) is 7.46. The van der Waals surface area contributed by atoms with Gasteiger partial charge in [-0.05, 0) is 61.7 Å². The largest absolute Gasteiger partial charge is 0.489 e. The Balaban J connectivity index is 1.57. The average Bonchev–Trinajstić information content (AvgIpc) is 3.01. The highest BCUT2D eigenvalue weighted by atomic mass is 16.5. The van der Waals surface area contributed by atoms with Crippen molar-refractivity contribution in [3.05, 3.63) is 65.4 Å². The third kappa shape index (κ3) is 4.09. The molecule has 2 aromatic carbocycles. The minimum atomic E-state index is 0.483. The summed E-state index contributed by atoms with van der Waals surface area (Å²) in [4.78, 5) is 7.30. The summed E-state index contributed by atoms with van der Waals surface area (Å²) in [6.07, 6.45) is 5.18. The number of anilines is 1. The molecule has 142 valence electrons. The molecule has 0 unspecified atom stereocenters. The summed E-state index contributed by atoms with van der Waals surface area (Å²) in [6.45, 7) is 4.81. The van der Waals surface area contributed by atoms with Crippen LogP contribution in [0.4, 0.5) is 5.69 Å². The van der Waals surface area contributed by atoms with E-state index in [4.69, 9.17) is 15.0 Å². The summed E-state index contributed by atoms with van der Waals surface area (Å²) in [5, 5.41) is 10.1. The third-order valence-electron chi connectivity index (χ3n) is 5.32. The molecule has 28 heavy (non-hydrogen) atoms. The number of nitriles is 1. The van der Waals surface area contributed by atoms with E-state index < -0.39 is 0 Å². The zero-order valence-corrected chi connectivity index (χ0v) is 16.3. The smallest absolute Gasteiger partial charge is 0.119 e. The van der Waals surface area contributed by atoms with Crippen molar-refractivity contribution in [2.24, 2.45) is 0 Å². The molecule has 0 N–H and O–H groups in total. The number of aryl methyl sites for hydroxylation is 1. The van der Waals surface area contributed by atoms with Gasteiger partial charge in [0.2, 0.25) is 0 Å². The zero-order chi connectivity index (χ0) is 19.3. The van der Waals surface area contributed by atoms with E-state index in [2.05, 4.69) is 42.2 Å². The Bertz CT molecular complexity index is 997. The maximum atomic E-state index is 8.89. The molecule has 0 spiro atoms. The molecule has 0 saturated carbocycles. The first kappa shape index (κ1) is 18.3. The number of fused-ring (bicyclic) bond motifs is 1. The van der Waals surface area contributed by atoms with Crippen molar-refractivity contribution in [1.29, 1.82) is 5.26 Å². The van der Waals surface area contributed by atoms with Crippen molar-refractivity contribution in [2.75, 3.05) is 18.0 Å². The molecule has 3 aromatic rings. The fourth-order valence-corrected chi connectivity index (χ4v) is 3.84. The number of rotatable bonds is 4. The molecular formula is C24H25N3O. The van der Waals surface area contributed by atoms with Gasteiger partial charge in [-0.1, -0.05) is 25.0 Å². The molecule has 0 radical (unpaired) electrons. The molecule has 1 aromatic heterocycles. The van der Waals surface area contributed by atoms with E-state index >= 15 is 0 Å². The summed E-state index contributed by atoms with van der Waals surface area (Å²) in [5.41, 5.74) is 5.12. The number of benzene rings is 2. The number of hydrogen-bond donors (Lipinski definition) is 0. The minimum absolute atomic E-state index is 0.483. The molecule has 4 rings (SSSR count). The summed E-state index contributed by atoms with van der Waals surface area (Å²) >= 11 is 0. The van der Waals surface area contributed by atoms with Gasteiger partial charge in [-0.3, -0.25) is 4.98 Å². The van der Waals surface area contributed by atoms with Crippen LogP contribution in [0.3, 0.4) is 0 Å². The van der Waals surface area contributed by atoms with Crippen molar-refractivity contribution >= 4 is 16.6 Å². The lowest BCUT2D eigenvalue weighted by atomic mass is 10.1. The number of aromatic nitrogens is 1. The quantitative estimate of drug-likeness (QED) is 0.618. The monoisotopic (exact) mass is 371 g/mol. The van der Waals surface area contributed by atoms with Crippen LogP contribution in [0.25, 0.3) is 10.9 Å². The fourth-order valence-electron chi connectivity index (χ4n) is 3.84. The first-order valence-corrected chi connectivity index (χ1v) is 10.0. The lowest BCUT2D eigenvalue weighted by Crippen LogP contribution is -2.24. The molecule has 1 aliphatic rings. The van der Waals surface area contributed by atoms with Crippen LogP contribution in [-0.4, -0.2) is 18.1 Å². The van der Waals surface area contributed by atoms with Crippen LogP contribution in [0.2, 0.25) is 0 Å². The Kier molecular flexibility index (Phi) is 5.43. The highest BCUT2D eigenvalue weighted by Gasteiger charge is 2.14. The number of nitrogens with zero attached hydrogens (tertiary/aromatic N) is 3. The van der Waals surface area contributed by atoms with Crippen LogP contribution in [0.1, 0.15) is 42.5 Å². The van der Waals surface area contributed by atoms with Crippen LogP contribution in [0.15, 0.2) is 48.5 Å². The van der Waals surface area contributed by atoms with Gasteiger partial charge in [-0.25, -0.2) is 0 Å². The van der Waals surface area contributed by atoms with Gasteiger partial charge in [0.15, 0.2) is 0 Å². The Morgan fingerprint density at radius 2 is 1.75 bits per heavy atom. The van der Waals surface area contributed by atoms with Gasteiger partial charge >= 0.3 is 0 Å². The summed E-state index contributed by atoms with van der Waals surface area (Å²) in [6, 6.07) is 18.0. The number of hydrogen-bond acceptors (Lipinski definition) is 4. The third-order valence-corrected chi connectivity index (χ3v) is 5.32. The Morgan fingerprint density at radius 3 is 2.46 bits per heavy atom. The molecule has 0 bridgehead atoms. The Hall–Kier alpha value is -3.06. The normalized spacial score (nSPS) is 14.5. The first-order chi connectivity index (χ1) is 13.7. The first-order valence-electron chi connectivity index (χ1n) is 10.0. The second-order valence-corrected chi connectivity index (χ2v) is 7.46. The maximum Gasteiger partial charge on any atom is 0.119 e. The molecule has 1 saturated heterocycles. The van der Waals surface area contributed by atoms with Gasteiger partial charge in [-0.15, -0.1) is 0 Å². The Morgan fingerprint density at radius 1 is 1.00 bits per heavy atom. The van der Waals surface area contributed by atoms with Crippen LogP contribution in [-0.2, 0) is 6.61 Å². The van der Waals surface area contributed by atoms with Gasteiger partial charge in [-0.2, -0.15) is 5.26 Å². The Labute approximate surface area is 166 Å². The van der Waals surface area contributed by atoms with Gasteiger partial charge in [0.05, 0.1) is 17.1 Å². The molecule has 2 heterocycles. The van der Waals surface area contributed by atoms with Crippen molar-refractivity contribution in [1.82, 2.24) is 4.98 Å². The van der Waals surface area contributed by atoms with E-state index in [0.29, 0.717) is 12.2 Å². The molecule has 4 nitrogen and oxygen atoms in total. The van der Waals surface area contributed by atoms with Crippen LogP contribution in [0.5, 0.6) is 5.75 Å². The standard InChI is InChI=1S/C24H25N3O/c1-18-14-24(27-12-4-2-3-5-13-27)22-11-8-20(15-23(22)26-18)17-28-21-9-6-19(16-25)7-10-21/h6-11,14-15H,2-5,12-13,17H2,1H3. The number of pyridine rings is 1. The van der Waals surface area contributed by atoms with Gasteiger partial charge in [0, 0.05) is 29.9 Å². The van der Waals surface area contributed by atoms with Crippen molar-refractivity contribution in [3.8, 4) is 11.8 Å². The maximum absolute atomic E-state index is 8.89. The van der Waals surface area contributed by atoms with Crippen LogP contribution >= 0.6 is 0 Å². The summed E-state index contributed by atoms with van der Waals surface area (Å²) in [7, 11) is 0. The van der Waals surface area contributed by atoms with Crippen molar-refractivity contribution in [3.63, 3.8) is 0 Å². The van der Waals surface area contributed by atoms with E-state index in [1.807, 2.05) is 12.1 Å². The highest BCUT2D eigenvalue weighted by Crippen LogP contribution is 2.29. The fraction of sp³-hybridized carbons (Fsp3) is 0.333. The lowest BCUT2D eigenvalue weighted by molar-refractivity contribution is 0.306. The molecular weight excluding hydrogens is 346 g/mol. The van der Waals surface area contributed by atoms with Crippen molar-refractivity contribution < 1.29 is 4.74 Å². The van der Waals surface area contributed by atoms with E-state index in [0.717, 1.165) is 35.6 Å². The number of ether oxygens (including phenoxy) is 1. The molecule has 1 aliphatic heterocycles.